The summed E-state index contributed by atoms with van der Waals surface area (Å²) < 4.78 is 4.98. The predicted octanol–water partition coefficient (Wildman–Crippen LogP) is 5.26. The fourth-order valence-corrected chi connectivity index (χ4v) is 3.42. The van der Waals surface area contributed by atoms with Gasteiger partial charge >= 0.3 is 5.97 Å². The molecule has 0 bridgehead atoms. The van der Waals surface area contributed by atoms with Gasteiger partial charge in [0.1, 0.15) is 18.2 Å². The number of hydrogen-bond acceptors (Lipinski definition) is 7. The van der Waals surface area contributed by atoms with Gasteiger partial charge in [-0.3, -0.25) is 0 Å². The van der Waals surface area contributed by atoms with Crippen molar-refractivity contribution in [1.82, 2.24) is 9.97 Å². The van der Waals surface area contributed by atoms with Crippen molar-refractivity contribution in [2.45, 2.75) is 13.0 Å². The lowest BCUT2D eigenvalue weighted by atomic mass is 10.1. The Morgan fingerprint density at radius 2 is 1.62 bits per heavy atom. The summed E-state index contributed by atoms with van der Waals surface area (Å²) in [5, 5.41) is 4.03. The number of nitrogens with zero attached hydrogens (tertiary/aromatic N) is 4. The summed E-state index contributed by atoms with van der Waals surface area (Å²) in [6.07, 6.45) is 3.14. The van der Waals surface area contributed by atoms with Crippen LogP contribution >= 0.6 is 0 Å². The largest absolute Gasteiger partial charge is 0.467 e. The number of ether oxygens (including phenoxy) is 1. The third kappa shape index (κ3) is 5.45. The maximum Gasteiger partial charge on any atom is 0.328 e. The highest BCUT2D eigenvalue weighted by molar-refractivity contribution is 5.84. The molecule has 7 heteroatoms. The number of benzene rings is 3. The van der Waals surface area contributed by atoms with E-state index < -0.39 is 6.04 Å². The second-order valence-electron chi connectivity index (χ2n) is 7.43. The van der Waals surface area contributed by atoms with Crippen molar-refractivity contribution in [3.8, 4) is 17.0 Å². The zero-order valence-corrected chi connectivity index (χ0v) is 18.9. The van der Waals surface area contributed by atoms with Crippen LogP contribution in [-0.4, -0.2) is 35.3 Å². The molecule has 7 nitrogen and oxygen atoms in total. The Morgan fingerprint density at radius 3 is 2.29 bits per heavy atom. The van der Waals surface area contributed by atoms with E-state index in [4.69, 9.17) is 9.57 Å². The van der Waals surface area contributed by atoms with Crippen molar-refractivity contribution in [2.24, 2.45) is 5.16 Å². The molecular formula is C27H24N4O3. The lowest BCUT2D eigenvalue weighted by Gasteiger charge is -2.28. The highest BCUT2D eigenvalue weighted by atomic mass is 16.6. The first-order valence-corrected chi connectivity index (χ1v) is 10.8. The van der Waals surface area contributed by atoms with E-state index in [1.165, 1.54) is 13.4 Å². The summed E-state index contributed by atoms with van der Waals surface area (Å²) >= 11 is 0. The molecule has 34 heavy (non-hydrogen) atoms. The van der Waals surface area contributed by atoms with E-state index >= 15 is 0 Å². The topological polar surface area (TPSA) is 76.9 Å². The Labute approximate surface area is 198 Å². The standard InChI is InChI=1S/C27H24N4O3/c1-20(27(32)33-2)31(23-9-5-3-6-10-23)26-17-25(28-19-29-26)22-15-13-21(14-16-22)18-30-34-24-11-7-4-8-12-24/h3-20H,1-2H3/t20-/m0/s1. The quantitative estimate of drug-likeness (QED) is 0.206. The van der Waals surface area contributed by atoms with Gasteiger partial charge in [-0.15, -0.1) is 0 Å². The van der Waals surface area contributed by atoms with E-state index in [2.05, 4.69) is 15.1 Å². The van der Waals surface area contributed by atoms with Crippen LogP contribution in [0.1, 0.15) is 12.5 Å². The number of anilines is 2. The van der Waals surface area contributed by atoms with Gasteiger partial charge in [-0.25, -0.2) is 14.8 Å². The molecular weight excluding hydrogens is 428 g/mol. The number of carbonyl (C=O) groups excluding carboxylic acids is 1. The zero-order valence-electron chi connectivity index (χ0n) is 18.9. The molecule has 1 aromatic heterocycles. The van der Waals surface area contributed by atoms with Crippen LogP contribution in [0.2, 0.25) is 0 Å². The number of esters is 1. The van der Waals surface area contributed by atoms with Crippen molar-refractivity contribution in [3.63, 3.8) is 0 Å². The summed E-state index contributed by atoms with van der Waals surface area (Å²) in [6, 6.07) is 28.0. The summed E-state index contributed by atoms with van der Waals surface area (Å²) in [4.78, 5) is 28.4. The molecule has 1 heterocycles. The van der Waals surface area contributed by atoms with Crippen LogP contribution < -0.4 is 9.74 Å². The number of oxime groups is 1. The smallest absolute Gasteiger partial charge is 0.328 e. The normalized spacial score (nSPS) is 11.7. The van der Waals surface area contributed by atoms with E-state index in [0.29, 0.717) is 11.6 Å². The Bertz CT molecular complexity index is 1250. The maximum atomic E-state index is 12.3. The van der Waals surface area contributed by atoms with Crippen LogP contribution in [0.15, 0.2) is 102 Å². The first kappa shape index (κ1) is 22.7. The van der Waals surface area contributed by atoms with Crippen LogP contribution in [0.4, 0.5) is 11.5 Å². The molecule has 0 unspecified atom stereocenters. The molecule has 0 amide bonds. The van der Waals surface area contributed by atoms with Crippen LogP contribution in [0.25, 0.3) is 11.3 Å². The van der Waals surface area contributed by atoms with E-state index in [9.17, 15) is 4.79 Å². The minimum atomic E-state index is -0.571. The lowest BCUT2D eigenvalue weighted by molar-refractivity contribution is -0.141. The fraction of sp³-hybridized carbons (Fsp3) is 0.111. The molecule has 0 radical (unpaired) electrons. The number of carbonyl (C=O) groups is 1. The molecule has 0 saturated carbocycles. The highest BCUT2D eigenvalue weighted by Gasteiger charge is 2.25. The summed E-state index contributed by atoms with van der Waals surface area (Å²) in [5.74, 6) is 0.911. The Kier molecular flexibility index (Phi) is 7.25. The average molecular weight is 453 g/mol. The third-order valence-corrected chi connectivity index (χ3v) is 5.17. The van der Waals surface area contributed by atoms with Gasteiger partial charge in [-0.2, -0.15) is 0 Å². The molecule has 0 spiro atoms. The maximum absolute atomic E-state index is 12.3. The van der Waals surface area contributed by atoms with Crippen molar-refractivity contribution in [2.75, 3.05) is 12.0 Å². The molecule has 0 saturated heterocycles. The van der Waals surface area contributed by atoms with Gasteiger partial charge in [0.2, 0.25) is 0 Å². The number of para-hydroxylation sites is 2. The van der Waals surface area contributed by atoms with Crippen molar-refractivity contribution in [1.29, 1.82) is 0 Å². The minimum absolute atomic E-state index is 0.356. The van der Waals surface area contributed by atoms with E-state index in [1.54, 1.807) is 13.1 Å². The van der Waals surface area contributed by atoms with Gasteiger partial charge in [0, 0.05) is 17.3 Å². The van der Waals surface area contributed by atoms with E-state index in [-0.39, 0.29) is 5.97 Å². The zero-order chi connectivity index (χ0) is 23.8. The Hall–Kier alpha value is -4.52. The van der Waals surface area contributed by atoms with Crippen LogP contribution in [0.3, 0.4) is 0 Å². The number of aromatic nitrogens is 2. The highest BCUT2D eigenvalue weighted by Crippen LogP contribution is 2.29. The van der Waals surface area contributed by atoms with Gasteiger partial charge < -0.3 is 14.5 Å². The average Bonchev–Trinajstić information content (AvgIpc) is 2.90. The van der Waals surface area contributed by atoms with Gasteiger partial charge in [-0.1, -0.05) is 65.8 Å². The minimum Gasteiger partial charge on any atom is -0.467 e. The Balaban J connectivity index is 1.56. The van der Waals surface area contributed by atoms with E-state index in [0.717, 1.165) is 22.5 Å². The fourth-order valence-electron chi connectivity index (χ4n) is 3.42. The van der Waals surface area contributed by atoms with Crippen molar-refractivity contribution in [3.05, 3.63) is 103 Å². The van der Waals surface area contributed by atoms with Crippen molar-refractivity contribution >= 4 is 23.7 Å². The van der Waals surface area contributed by atoms with Gasteiger partial charge in [0.15, 0.2) is 5.75 Å². The third-order valence-electron chi connectivity index (χ3n) is 5.17. The lowest BCUT2D eigenvalue weighted by Crippen LogP contribution is -2.36. The molecule has 4 aromatic rings. The molecule has 0 aliphatic heterocycles. The molecule has 0 N–H and O–H groups in total. The van der Waals surface area contributed by atoms with Crippen LogP contribution in [0.5, 0.6) is 5.75 Å². The van der Waals surface area contributed by atoms with E-state index in [1.807, 2.05) is 95.9 Å². The molecule has 0 aliphatic carbocycles. The molecule has 4 rings (SSSR count). The van der Waals surface area contributed by atoms with Crippen LogP contribution in [0, 0.1) is 0 Å². The first-order valence-electron chi connectivity index (χ1n) is 10.8. The molecule has 1 atom stereocenters. The number of rotatable bonds is 8. The van der Waals surface area contributed by atoms with Gasteiger partial charge in [0.05, 0.1) is 19.0 Å². The summed E-state index contributed by atoms with van der Waals surface area (Å²) in [7, 11) is 1.38. The molecule has 3 aromatic carbocycles. The Morgan fingerprint density at radius 1 is 0.941 bits per heavy atom. The summed E-state index contributed by atoms with van der Waals surface area (Å²) in [5.41, 5.74) is 3.35. The predicted molar refractivity (Wildman–Crippen MR) is 132 cm³/mol. The first-order chi connectivity index (χ1) is 16.7. The monoisotopic (exact) mass is 452 g/mol. The second-order valence-corrected chi connectivity index (χ2v) is 7.43. The second kappa shape index (κ2) is 10.9. The van der Waals surface area contributed by atoms with Crippen molar-refractivity contribution < 1.29 is 14.4 Å². The molecule has 0 aliphatic rings. The molecule has 170 valence electrons. The molecule has 0 fully saturated rings. The SMILES string of the molecule is COC(=O)[C@H](C)N(c1ccccc1)c1cc(-c2ccc(C=NOc3ccccc3)cc2)ncn1. The van der Waals surface area contributed by atoms with Gasteiger partial charge in [0.25, 0.3) is 0 Å². The number of hydrogen-bond donors (Lipinski definition) is 0. The number of methoxy groups -OCH3 is 1. The van der Waals surface area contributed by atoms with Crippen LogP contribution in [-0.2, 0) is 9.53 Å². The van der Waals surface area contributed by atoms with Gasteiger partial charge in [-0.05, 0) is 36.8 Å². The summed E-state index contributed by atoms with van der Waals surface area (Å²) in [6.45, 7) is 1.78.